The van der Waals surface area contributed by atoms with E-state index < -0.39 is 0 Å². The molecule has 2 rings (SSSR count). The SMILES string of the molecule is CCCNC1CCC(CC)CC1N(C)C1CCN(C)CC1. The van der Waals surface area contributed by atoms with Gasteiger partial charge in [-0.3, -0.25) is 4.90 Å². The van der Waals surface area contributed by atoms with Crippen LogP contribution in [0.2, 0.25) is 0 Å². The summed E-state index contributed by atoms with van der Waals surface area (Å²) in [4.78, 5) is 5.23. The van der Waals surface area contributed by atoms with Crippen LogP contribution in [0.5, 0.6) is 0 Å². The molecule has 1 saturated heterocycles. The highest BCUT2D eigenvalue weighted by Crippen LogP contribution is 2.32. The number of piperidine rings is 1. The molecule has 2 aliphatic rings. The fourth-order valence-corrected chi connectivity index (χ4v) is 4.29. The number of likely N-dealkylation sites (tertiary alicyclic amines) is 1. The normalized spacial score (nSPS) is 32.7. The Bertz CT molecular complexity index is 286. The van der Waals surface area contributed by atoms with E-state index in [1.165, 1.54) is 64.6 Å². The predicted octanol–water partition coefficient (Wildman–Crippen LogP) is 2.96. The van der Waals surface area contributed by atoms with E-state index in [-0.39, 0.29) is 0 Å². The van der Waals surface area contributed by atoms with Crippen LogP contribution in [0.15, 0.2) is 0 Å². The minimum atomic E-state index is 0.720. The minimum Gasteiger partial charge on any atom is -0.312 e. The Kier molecular flexibility index (Phi) is 6.97. The predicted molar refractivity (Wildman–Crippen MR) is 91.8 cm³/mol. The fraction of sp³-hybridized carbons (Fsp3) is 1.00. The first kappa shape index (κ1) is 17.2. The van der Waals surface area contributed by atoms with Crippen molar-refractivity contribution < 1.29 is 0 Å². The summed E-state index contributed by atoms with van der Waals surface area (Å²) in [5, 5.41) is 3.84. The number of hydrogen-bond acceptors (Lipinski definition) is 3. The van der Waals surface area contributed by atoms with Crippen LogP contribution >= 0.6 is 0 Å². The molecule has 3 atom stereocenters. The number of nitrogens with one attached hydrogen (secondary N) is 1. The summed E-state index contributed by atoms with van der Waals surface area (Å²) in [6.45, 7) is 8.37. The molecule has 124 valence electrons. The van der Waals surface area contributed by atoms with E-state index in [2.05, 4.69) is 43.1 Å². The lowest BCUT2D eigenvalue weighted by molar-refractivity contribution is 0.0538. The van der Waals surface area contributed by atoms with Gasteiger partial charge in [0.05, 0.1) is 0 Å². The van der Waals surface area contributed by atoms with E-state index in [1.807, 2.05) is 0 Å². The monoisotopic (exact) mass is 295 g/mol. The summed E-state index contributed by atoms with van der Waals surface area (Å²) < 4.78 is 0. The second-order valence-electron chi connectivity index (χ2n) is 7.42. The zero-order valence-corrected chi connectivity index (χ0v) is 14.8. The molecule has 0 aromatic carbocycles. The molecule has 1 aliphatic carbocycles. The third-order valence-electron chi connectivity index (χ3n) is 5.95. The smallest absolute Gasteiger partial charge is 0.0251 e. The van der Waals surface area contributed by atoms with Crippen LogP contribution in [-0.4, -0.2) is 61.7 Å². The summed E-state index contributed by atoms with van der Waals surface area (Å²) in [5.74, 6) is 0.948. The third kappa shape index (κ3) is 4.67. The van der Waals surface area contributed by atoms with Crippen molar-refractivity contribution in [2.75, 3.05) is 33.7 Å². The highest BCUT2D eigenvalue weighted by molar-refractivity contribution is 4.93. The van der Waals surface area contributed by atoms with Gasteiger partial charge in [0, 0.05) is 18.1 Å². The first-order valence-electron chi connectivity index (χ1n) is 9.29. The Balaban J connectivity index is 1.96. The molecule has 0 spiro atoms. The van der Waals surface area contributed by atoms with Gasteiger partial charge in [-0.05, 0) is 78.2 Å². The zero-order chi connectivity index (χ0) is 15.2. The summed E-state index contributed by atoms with van der Waals surface area (Å²) >= 11 is 0. The van der Waals surface area contributed by atoms with Crippen LogP contribution in [0, 0.1) is 5.92 Å². The molecule has 1 aliphatic heterocycles. The number of nitrogens with zero attached hydrogens (tertiary/aromatic N) is 2. The highest BCUT2D eigenvalue weighted by atomic mass is 15.2. The molecule has 3 unspecified atom stereocenters. The molecular weight excluding hydrogens is 258 g/mol. The lowest BCUT2D eigenvalue weighted by Gasteiger charge is -2.46. The van der Waals surface area contributed by atoms with Crippen LogP contribution in [0.4, 0.5) is 0 Å². The molecule has 0 radical (unpaired) electrons. The van der Waals surface area contributed by atoms with Gasteiger partial charge in [-0.25, -0.2) is 0 Å². The molecule has 3 nitrogen and oxygen atoms in total. The molecule has 0 aromatic heterocycles. The number of likely N-dealkylation sites (N-methyl/N-ethyl adjacent to an activating group) is 1. The van der Waals surface area contributed by atoms with E-state index >= 15 is 0 Å². The molecule has 0 amide bonds. The van der Waals surface area contributed by atoms with Crippen LogP contribution in [0.25, 0.3) is 0 Å². The van der Waals surface area contributed by atoms with Crippen LogP contribution in [0.3, 0.4) is 0 Å². The Morgan fingerprint density at radius 2 is 1.81 bits per heavy atom. The molecular formula is C18H37N3. The van der Waals surface area contributed by atoms with Gasteiger partial charge in [-0.15, -0.1) is 0 Å². The lowest BCUT2D eigenvalue weighted by Crippen LogP contribution is -2.56. The van der Waals surface area contributed by atoms with E-state index in [0.717, 1.165) is 24.0 Å². The molecule has 3 heteroatoms. The van der Waals surface area contributed by atoms with Crippen molar-refractivity contribution in [3.05, 3.63) is 0 Å². The summed E-state index contributed by atoms with van der Waals surface area (Å²) in [6.07, 6.45) is 9.51. The van der Waals surface area contributed by atoms with E-state index in [9.17, 15) is 0 Å². The van der Waals surface area contributed by atoms with Crippen molar-refractivity contribution in [2.24, 2.45) is 5.92 Å². The minimum absolute atomic E-state index is 0.720. The van der Waals surface area contributed by atoms with Gasteiger partial charge in [0.1, 0.15) is 0 Å². The maximum absolute atomic E-state index is 3.84. The summed E-state index contributed by atoms with van der Waals surface area (Å²) in [7, 11) is 4.66. The van der Waals surface area contributed by atoms with Gasteiger partial charge in [-0.1, -0.05) is 20.3 Å². The average Bonchev–Trinajstić information content (AvgIpc) is 2.53. The maximum Gasteiger partial charge on any atom is 0.0251 e. The second-order valence-corrected chi connectivity index (χ2v) is 7.42. The Morgan fingerprint density at radius 3 is 2.43 bits per heavy atom. The topological polar surface area (TPSA) is 18.5 Å². The van der Waals surface area contributed by atoms with Gasteiger partial charge in [0.2, 0.25) is 0 Å². The standard InChI is InChI=1S/C18H37N3/c1-5-11-19-17-8-7-15(6-2)14-18(17)21(4)16-9-12-20(3)13-10-16/h15-19H,5-14H2,1-4H3. The highest BCUT2D eigenvalue weighted by Gasteiger charge is 2.35. The Hall–Kier alpha value is -0.120. The summed E-state index contributed by atoms with van der Waals surface area (Å²) in [6, 6.07) is 2.27. The molecule has 0 bridgehead atoms. The largest absolute Gasteiger partial charge is 0.312 e. The van der Waals surface area contributed by atoms with Gasteiger partial charge >= 0.3 is 0 Å². The van der Waals surface area contributed by atoms with E-state index in [1.54, 1.807) is 0 Å². The Morgan fingerprint density at radius 1 is 1.10 bits per heavy atom. The second kappa shape index (κ2) is 8.50. The van der Waals surface area contributed by atoms with Crippen LogP contribution in [-0.2, 0) is 0 Å². The fourth-order valence-electron chi connectivity index (χ4n) is 4.29. The Labute approximate surface area is 132 Å². The maximum atomic E-state index is 3.84. The van der Waals surface area contributed by atoms with Crippen LogP contribution < -0.4 is 5.32 Å². The van der Waals surface area contributed by atoms with E-state index in [0.29, 0.717) is 0 Å². The van der Waals surface area contributed by atoms with Crippen molar-refractivity contribution in [1.29, 1.82) is 0 Å². The first-order chi connectivity index (χ1) is 10.2. The average molecular weight is 296 g/mol. The van der Waals surface area contributed by atoms with Gasteiger partial charge in [0.25, 0.3) is 0 Å². The van der Waals surface area contributed by atoms with Crippen LogP contribution in [0.1, 0.15) is 58.8 Å². The van der Waals surface area contributed by atoms with E-state index in [4.69, 9.17) is 0 Å². The number of hydrogen-bond donors (Lipinski definition) is 1. The molecule has 1 N–H and O–H groups in total. The summed E-state index contributed by atoms with van der Waals surface area (Å²) in [5.41, 5.74) is 0. The first-order valence-corrected chi connectivity index (χ1v) is 9.29. The quantitative estimate of drug-likeness (QED) is 0.813. The van der Waals surface area contributed by atoms with Crippen molar-refractivity contribution in [3.63, 3.8) is 0 Å². The van der Waals surface area contributed by atoms with Crippen molar-refractivity contribution >= 4 is 0 Å². The van der Waals surface area contributed by atoms with Gasteiger partial charge in [-0.2, -0.15) is 0 Å². The third-order valence-corrected chi connectivity index (χ3v) is 5.95. The van der Waals surface area contributed by atoms with Crippen molar-refractivity contribution in [2.45, 2.75) is 76.9 Å². The zero-order valence-electron chi connectivity index (χ0n) is 14.8. The van der Waals surface area contributed by atoms with Crippen molar-refractivity contribution in [3.8, 4) is 0 Å². The molecule has 0 aromatic rings. The molecule has 1 saturated carbocycles. The molecule has 21 heavy (non-hydrogen) atoms. The van der Waals surface area contributed by atoms with Gasteiger partial charge < -0.3 is 10.2 Å². The number of rotatable bonds is 6. The van der Waals surface area contributed by atoms with Crippen molar-refractivity contribution in [1.82, 2.24) is 15.1 Å². The van der Waals surface area contributed by atoms with Gasteiger partial charge in [0.15, 0.2) is 0 Å². The molecule has 2 fully saturated rings. The lowest BCUT2D eigenvalue weighted by atomic mass is 9.79. The molecule has 1 heterocycles.